The number of nitrogens with one attached hydrogen (secondary N) is 1. The molecule has 5 heteroatoms. The highest BCUT2D eigenvalue weighted by Crippen LogP contribution is 2.71. The van der Waals surface area contributed by atoms with Crippen LogP contribution < -0.4 is 5.32 Å². The van der Waals surface area contributed by atoms with E-state index in [2.05, 4.69) is 37.4 Å². The average molecular weight is 341 g/mol. The molecule has 2 aliphatic heterocycles. The lowest BCUT2D eigenvalue weighted by atomic mass is 9.40. The van der Waals surface area contributed by atoms with E-state index in [0.29, 0.717) is 0 Å². The van der Waals surface area contributed by atoms with Crippen molar-refractivity contribution in [3.63, 3.8) is 0 Å². The molecule has 5 atom stereocenters. The zero-order valence-corrected chi connectivity index (χ0v) is 14.9. The maximum absolute atomic E-state index is 12.4. The molecule has 1 aromatic rings. The first-order chi connectivity index (χ1) is 11.8. The summed E-state index contributed by atoms with van der Waals surface area (Å²) in [4.78, 5) is 12.4. The second-order valence-electron chi connectivity index (χ2n) is 8.52. The number of fused-ring (bicyclic) bond motifs is 6. The van der Waals surface area contributed by atoms with Gasteiger partial charge in [0.2, 0.25) is 0 Å². The van der Waals surface area contributed by atoms with Crippen LogP contribution >= 0.6 is 0 Å². The van der Waals surface area contributed by atoms with Crippen molar-refractivity contribution < 1.29 is 19.0 Å². The number of anilines is 1. The lowest BCUT2D eigenvalue weighted by Gasteiger charge is -2.68. The van der Waals surface area contributed by atoms with Gasteiger partial charge in [0, 0.05) is 16.9 Å². The Labute approximate surface area is 147 Å². The summed E-state index contributed by atoms with van der Waals surface area (Å²) in [6, 6.07) is 7.92. The zero-order chi connectivity index (χ0) is 17.6. The molecular weight excluding hydrogens is 318 g/mol. The van der Waals surface area contributed by atoms with Crippen LogP contribution in [0.5, 0.6) is 0 Å². The molecule has 0 radical (unpaired) electrons. The van der Waals surface area contributed by atoms with Crippen LogP contribution in [0.3, 0.4) is 0 Å². The summed E-state index contributed by atoms with van der Waals surface area (Å²) in [7, 11) is 0. The van der Waals surface area contributed by atoms with Crippen molar-refractivity contribution in [2.45, 2.75) is 51.3 Å². The molecule has 2 aliphatic carbocycles. The maximum atomic E-state index is 12.4. The Morgan fingerprint density at radius 2 is 1.80 bits per heavy atom. The SMILES string of the molecule is CC1(C)O[C@@H]2[C@@H]3[C@H](C=C[C@@H]2O1)C(C)(C)[C@]31OC(=O)Nc2ccccc21. The Bertz CT molecular complexity index is 799. The van der Waals surface area contributed by atoms with Gasteiger partial charge in [0.15, 0.2) is 11.4 Å². The number of rotatable bonds is 0. The van der Waals surface area contributed by atoms with Gasteiger partial charge in [0.1, 0.15) is 6.10 Å². The quantitative estimate of drug-likeness (QED) is 0.729. The monoisotopic (exact) mass is 341 g/mol. The van der Waals surface area contributed by atoms with E-state index in [4.69, 9.17) is 14.2 Å². The standard InChI is InChI=1S/C20H23NO4/c1-18(2)12-9-10-14-16(24-19(3,4)23-14)15(12)20(18)11-7-5-6-8-13(11)21-17(22)25-20/h5-10,12,14-16H,1-4H3,(H,21,22)/t12-,14-,15-,16-,20+/m0/s1. The van der Waals surface area contributed by atoms with Crippen molar-refractivity contribution in [2.24, 2.45) is 17.3 Å². The third-order valence-electron chi connectivity index (χ3n) is 6.49. The summed E-state index contributed by atoms with van der Waals surface area (Å²) in [6.07, 6.45) is 3.71. The minimum Gasteiger partial charge on any atom is -0.437 e. The van der Waals surface area contributed by atoms with E-state index in [1.165, 1.54) is 0 Å². The molecule has 0 unspecified atom stereocenters. The second kappa shape index (κ2) is 4.46. The smallest absolute Gasteiger partial charge is 0.412 e. The minimum absolute atomic E-state index is 0.0338. The Kier molecular flexibility index (Phi) is 2.75. The number of hydrogen-bond donors (Lipinski definition) is 1. The number of carbonyl (C=O) groups excluding carboxylic acids is 1. The third kappa shape index (κ3) is 1.73. The van der Waals surface area contributed by atoms with E-state index in [1.54, 1.807) is 0 Å². The molecule has 4 aliphatic rings. The van der Waals surface area contributed by atoms with Gasteiger partial charge in [-0.3, -0.25) is 5.32 Å². The third-order valence-corrected chi connectivity index (χ3v) is 6.49. The summed E-state index contributed by atoms with van der Waals surface area (Å²) in [6.45, 7) is 8.23. The first-order valence-corrected chi connectivity index (χ1v) is 8.90. The molecule has 1 amide bonds. The predicted molar refractivity (Wildman–Crippen MR) is 91.9 cm³/mol. The molecular formula is C20H23NO4. The normalized spacial score (nSPS) is 41.8. The molecule has 1 aromatic carbocycles. The van der Waals surface area contributed by atoms with Gasteiger partial charge in [-0.2, -0.15) is 0 Å². The van der Waals surface area contributed by atoms with Crippen LogP contribution in [0.2, 0.25) is 0 Å². The van der Waals surface area contributed by atoms with Crippen molar-refractivity contribution in [1.82, 2.24) is 0 Å². The molecule has 1 N–H and O–H groups in total. The van der Waals surface area contributed by atoms with Gasteiger partial charge in [-0.25, -0.2) is 4.79 Å². The van der Waals surface area contributed by atoms with Gasteiger partial charge in [0.05, 0.1) is 11.8 Å². The van der Waals surface area contributed by atoms with Gasteiger partial charge < -0.3 is 14.2 Å². The lowest BCUT2D eigenvalue weighted by molar-refractivity contribution is -0.278. The van der Waals surface area contributed by atoms with Crippen molar-refractivity contribution in [3.8, 4) is 0 Å². The van der Waals surface area contributed by atoms with Crippen molar-refractivity contribution in [3.05, 3.63) is 42.0 Å². The van der Waals surface area contributed by atoms with Gasteiger partial charge in [-0.05, 0) is 25.8 Å². The van der Waals surface area contributed by atoms with E-state index in [0.717, 1.165) is 11.3 Å². The molecule has 0 bridgehead atoms. The molecule has 1 saturated heterocycles. The first kappa shape index (κ1) is 15.4. The highest BCUT2D eigenvalue weighted by molar-refractivity contribution is 5.89. The maximum Gasteiger partial charge on any atom is 0.412 e. The van der Waals surface area contributed by atoms with Gasteiger partial charge >= 0.3 is 6.09 Å². The van der Waals surface area contributed by atoms with E-state index >= 15 is 0 Å². The van der Waals surface area contributed by atoms with Gasteiger partial charge in [-0.15, -0.1) is 0 Å². The van der Waals surface area contributed by atoms with Crippen LogP contribution in [0.15, 0.2) is 36.4 Å². The number of hydrogen-bond acceptors (Lipinski definition) is 4. The zero-order valence-electron chi connectivity index (χ0n) is 14.9. The molecule has 5 rings (SSSR count). The van der Waals surface area contributed by atoms with E-state index in [1.807, 2.05) is 32.0 Å². The molecule has 1 saturated carbocycles. The fourth-order valence-corrected chi connectivity index (χ4v) is 5.53. The number of amides is 1. The Hall–Kier alpha value is -1.85. The molecule has 132 valence electrons. The molecule has 0 aromatic heterocycles. The van der Waals surface area contributed by atoms with E-state index in [-0.39, 0.29) is 29.5 Å². The summed E-state index contributed by atoms with van der Waals surface area (Å²) in [5, 5.41) is 2.84. The second-order valence-corrected chi connectivity index (χ2v) is 8.52. The van der Waals surface area contributed by atoms with Crippen LogP contribution in [0, 0.1) is 17.3 Å². The van der Waals surface area contributed by atoms with E-state index < -0.39 is 17.5 Å². The highest BCUT2D eigenvalue weighted by Gasteiger charge is 2.76. The predicted octanol–water partition coefficient (Wildman–Crippen LogP) is 3.81. The Morgan fingerprint density at radius 1 is 1.04 bits per heavy atom. The average Bonchev–Trinajstić information content (AvgIpc) is 2.86. The number of para-hydroxylation sites is 1. The topological polar surface area (TPSA) is 56.8 Å². The summed E-state index contributed by atoms with van der Waals surface area (Å²) >= 11 is 0. The van der Waals surface area contributed by atoms with Crippen molar-refractivity contribution in [2.75, 3.05) is 5.32 Å². The van der Waals surface area contributed by atoms with E-state index in [9.17, 15) is 4.79 Å². The number of allylic oxidation sites excluding steroid dienone is 1. The minimum atomic E-state index is -0.714. The summed E-state index contributed by atoms with van der Waals surface area (Å²) < 4.78 is 18.4. The molecule has 2 heterocycles. The van der Waals surface area contributed by atoms with Gasteiger partial charge in [0.25, 0.3) is 0 Å². The van der Waals surface area contributed by atoms with Crippen molar-refractivity contribution >= 4 is 11.8 Å². The Balaban J connectivity index is 1.69. The summed E-state index contributed by atoms with van der Waals surface area (Å²) in [5.41, 5.74) is 0.912. The number of benzene rings is 1. The molecule has 25 heavy (non-hydrogen) atoms. The molecule has 2 fully saturated rings. The highest BCUT2D eigenvalue weighted by atomic mass is 16.8. The number of carbonyl (C=O) groups is 1. The van der Waals surface area contributed by atoms with Crippen LogP contribution in [0.1, 0.15) is 33.3 Å². The first-order valence-electron chi connectivity index (χ1n) is 8.90. The fourth-order valence-electron chi connectivity index (χ4n) is 5.53. The lowest BCUT2D eigenvalue weighted by Crippen LogP contribution is -2.73. The largest absolute Gasteiger partial charge is 0.437 e. The summed E-state index contributed by atoms with van der Waals surface area (Å²) in [5.74, 6) is -0.331. The van der Waals surface area contributed by atoms with Crippen LogP contribution in [-0.4, -0.2) is 24.1 Å². The Morgan fingerprint density at radius 3 is 2.60 bits per heavy atom. The van der Waals surface area contributed by atoms with Crippen LogP contribution in [-0.2, 0) is 19.8 Å². The van der Waals surface area contributed by atoms with Crippen LogP contribution in [0.4, 0.5) is 10.5 Å². The number of ether oxygens (including phenoxy) is 3. The molecule has 5 nitrogen and oxygen atoms in total. The molecule has 1 spiro atoms. The van der Waals surface area contributed by atoms with Crippen LogP contribution in [0.25, 0.3) is 0 Å². The fraction of sp³-hybridized carbons (Fsp3) is 0.550. The van der Waals surface area contributed by atoms with Gasteiger partial charge in [-0.1, -0.05) is 44.2 Å². The van der Waals surface area contributed by atoms with Crippen molar-refractivity contribution in [1.29, 1.82) is 0 Å².